The zero-order valence-corrected chi connectivity index (χ0v) is 10.6. The molecule has 0 saturated heterocycles. The molecule has 2 rings (SSSR count). The number of oxime groups is 1. The number of hydrogen-bond donors (Lipinski definition) is 1. The maximum atomic E-state index is 11.4. The number of nitrogens with zero attached hydrogens (tertiary/aromatic N) is 2. The molecule has 0 radical (unpaired) electrons. The van der Waals surface area contributed by atoms with Crippen molar-refractivity contribution in [1.29, 1.82) is 0 Å². The predicted molar refractivity (Wildman–Crippen MR) is 68.5 cm³/mol. The Bertz CT molecular complexity index is 662. The van der Waals surface area contributed by atoms with Gasteiger partial charge in [0.05, 0.1) is 23.3 Å². The number of phenolic OH excluding ortho intramolecular Hbond substituents is 1. The van der Waals surface area contributed by atoms with Crippen LogP contribution in [0.15, 0.2) is 22.9 Å². The summed E-state index contributed by atoms with van der Waals surface area (Å²) in [7, 11) is 1.27. The van der Waals surface area contributed by atoms with Crippen molar-refractivity contribution in [3.05, 3.63) is 33.4 Å². The van der Waals surface area contributed by atoms with Gasteiger partial charge in [0.2, 0.25) is 5.75 Å². The van der Waals surface area contributed by atoms with Crippen molar-refractivity contribution in [1.82, 2.24) is 0 Å². The number of ether oxygens (including phenoxy) is 1. The molecule has 0 aromatic heterocycles. The number of carbonyl (C=O) groups is 1. The minimum atomic E-state index is -0.742. The van der Waals surface area contributed by atoms with Gasteiger partial charge in [-0.05, 0) is 24.6 Å². The first kappa shape index (κ1) is 13.5. The average Bonchev–Trinajstić information content (AvgIpc) is 2.71. The van der Waals surface area contributed by atoms with Gasteiger partial charge in [0, 0.05) is 6.07 Å². The predicted octanol–water partition coefficient (Wildman–Crippen LogP) is 1.63. The molecule has 0 saturated carbocycles. The van der Waals surface area contributed by atoms with Crippen molar-refractivity contribution < 1.29 is 24.4 Å². The molecular formula is C12H10N2O6. The first-order valence-electron chi connectivity index (χ1n) is 5.47. The Morgan fingerprint density at radius 2 is 2.20 bits per heavy atom. The van der Waals surface area contributed by atoms with Crippen LogP contribution in [0.25, 0.3) is 6.08 Å². The van der Waals surface area contributed by atoms with Crippen LogP contribution in [-0.2, 0) is 9.63 Å². The molecule has 0 amide bonds. The molecule has 1 aliphatic rings. The highest BCUT2D eigenvalue weighted by Crippen LogP contribution is 2.37. The molecule has 104 valence electrons. The van der Waals surface area contributed by atoms with Crippen LogP contribution >= 0.6 is 0 Å². The molecule has 1 aromatic carbocycles. The summed E-state index contributed by atoms with van der Waals surface area (Å²) >= 11 is 0. The Balaban J connectivity index is 2.56. The molecule has 0 fully saturated rings. The lowest BCUT2D eigenvalue weighted by Gasteiger charge is -2.05. The number of methoxy groups -OCH3 is 1. The number of rotatable bonds is 3. The largest absolute Gasteiger partial charge is 0.500 e. The maximum absolute atomic E-state index is 11.4. The van der Waals surface area contributed by atoms with Gasteiger partial charge in [-0.1, -0.05) is 5.16 Å². The first-order chi connectivity index (χ1) is 9.43. The molecule has 1 N–H and O–H groups in total. The van der Waals surface area contributed by atoms with E-state index in [0.29, 0.717) is 11.3 Å². The summed E-state index contributed by atoms with van der Waals surface area (Å²) in [4.78, 5) is 26.0. The van der Waals surface area contributed by atoms with Gasteiger partial charge in [0.25, 0.3) is 0 Å². The maximum Gasteiger partial charge on any atom is 0.367 e. The van der Waals surface area contributed by atoms with Crippen LogP contribution in [0.4, 0.5) is 5.69 Å². The van der Waals surface area contributed by atoms with E-state index in [0.717, 1.165) is 6.07 Å². The zero-order valence-electron chi connectivity index (χ0n) is 10.6. The Hall–Kier alpha value is -2.90. The van der Waals surface area contributed by atoms with E-state index in [-0.39, 0.29) is 11.3 Å². The van der Waals surface area contributed by atoms with Crippen LogP contribution in [0.1, 0.15) is 12.5 Å². The molecule has 1 aromatic rings. The molecule has 0 aliphatic carbocycles. The zero-order chi connectivity index (χ0) is 14.9. The van der Waals surface area contributed by atoms with Gasteiger partial charge in [-0.3, -0.25) is 10.1 Å². The number of nitro groups is 1. The van der Waals surface area contributed by atoms with E-state index in [1.54, 1.807) is 6.92 Å². The number of benzene rings is 1. The van der Waals surface area contributed by atoms with Gasteiger partial charge in [-0.25, -0.2) is 4.79 Å². The SMILES string of the molecule is COc1cc(/C=C2\C(=O)ON=C2C)cc([N+](=O)[O-])c1O. The van der Waals surface area contributed by atoms with Gasteiger partial charge >= 0.3 is 11.7 Å². The lowest BCUT2D eigenvalue weighted by Crippen LogP contribution is -2.02. The Kier molecular flexibility index (Phi) is 3.38. The second-order valence-corrected chi connectivity index (χ2v) is 3.96. The first-order valence-corrected chi connectivity index (χ1v) is 5.47. The normalized spacial score (nSPS) is 16.0. The van der Waals surface area contributed by atoms with Crippen molar-refractivity contribution >= 4 is 23.4 Å². The van der Waals surface area contributed by atoms with E-state index in [1.807, 2.05) is 0 Å². The van der Waals surface area contributed by atoms with Crippen molar-refractivity contribution in [2.45, 2.75) is 6.92 Å². The van der Waals surface area contributed by atoms with Crippen molar-refractivity contribution in [3.8, 4) is 11.5 Å². The standard InChI is InChI=1S/C12H10N2O6/c1-6-8(12(16)20-13-6)3-7-4-9(14(17)18)11(15)10(5-7)19-2/h3-5,15H,1-2H3/b8-3-. The summed E-state index contributed by atoms with van der Waals surface area (Å²) in [6.07, 6.45) is 1.38. The summed E-state index contributed by atoms with van der Waals surface area (Å²) in [5, 5.41) is 24.0. The molecule has 0 spiro atoms. The highest BCUT2D eigenvalue weighted by molar-refractivity contribution is 6.24. The fourth-order valence-electron chi connectivity index (χ4n) is 1.68. The Morgan fingerprint density at radius 3 is 2.70 bits per heavy atom. The highest BCUT2D eigenvalue weighted by Gasteiger charge is 2.24. The van der Waals surface area contributed by atoms with Crippen LogP contribution < -0.4 is 4.74 Å². The Labute approximate surface area is 113 Å². The van der Waals surface area contributed by atoms with Crippen LogP contribution in [0, 0.1) is 10.1 Å². The molecule has 1 heterocycles. The fourth-order valence-corrected chi connectivity index (χ4v) is 1.68. The van der Waals surface area contributed by atoms with Crippen LogP contribution in [0.5, 0.6) is 11.5 Å². The van der Waals surface area contributed by atoms with Crippen LogP contribution in [-0.4, -0.2) is 28.8 Å². The van der Waals surface area contributed by atoms with E-state index in [4.69, 9.17) is 4.74 Å². The van der Waals surface area contributed by atoms with E-state index >= 15 is 0 Å². The molecular weight excluding hydrogens is 268 g/mol. The van der Waals surface area contributed by atoms with Gasteiger partial charge in [0.15, 0.2) is 5.75 Å². The third-order valence-electron chi connectivity index (χ3n) is 2.68. The van der Waals surface area contributed by atoms with Gasteiger partial charge in [0.1, 0.15) is 0 Å². The van der Waals surface area contributed by atoms with Crippen LogP contribution in [0.3, 0.4) is 0 Å². The van der Waals surface area contributed by atoms with Crippen LogP contribution in [0.2, 0.25) is 0 Å². The lowest BCUT2D eigenvalue weighted by atomic mass is 10.1. The topological polar surface area (TPSA) is 111 Å². The monoisotopic (exact) mass is 278 g/mol. The van der Waals surface area contributed by atoms with E-state index in [2.05, 4.69) is 9.99 Å². The summed E-state index contributed by atoms with van der Waals surface area (Å²) in [5.74, 6) is -1.27. The van der Waals surface area contributed by atoms with E-state index < -0.39 is 22.3 Å². The molecule has 20 heavy (non-hydrogen) atoms. The van der Waals surface area contributed by atoms with Gasteiger partial charge in [-0.2, -0.15) is 0 Å². The van der Waals surface area contributed by atoms with E-state index in [9.17, 15) is 20.0 Å². The average molecular weight is 278 g/mol. The molecule has 0 unspecified atom stereocenters. The molecule has 1 aliphatic heterocycles. The number of aromatic hydroxyl groups is 1. The lowest BCUT2D eigenvalue weighted by molar-refractivity contribution is -0.386. The number of nitro benzene ring substituents is 1. The minimum Gasteiger partial charge on any atom is -0.500 e. The van der Waals surface area contributed by atoms with Gasteiger partial charge < -0.3 is 14.7 Å². The molecule has 0 bridgehead atoms. The summed E-state index contributed by atoms with van der Waals surface area (Å²) < 4.78 is 4.86. The number of carbonyl (C=O) groups excluding carboxylic acids is 1. The quantitative estimate of drug-likeness (QED) is 0.389. The Morgan fingerprint density at radius 1 is 1.50 bits per heavy atom. The summed E-state index contributed by atoms with van der Waals surface area (Å²) in [5.41, 5.74) is 0.351. The van der Waals surface area contributed by atoms with E-state index in [1.165, 1.54) is 19.3 Å². The summed E-state index contributed by atoms with van der Waals surface area (Å²) in [6.45, 7) is 1.57. The smallest absolute Gasteiger partial charge is 0.367 e. The fraction of sp³-hybridized carbons (Fsp3) is 0.167. The third kappa shape index (κ3) is 2.30. The molecule has 8 heteroatoms. The minimum absolute atomic E-state index is 0.0630. The number of phenols is 1. The van der Waals surface area contributed by atoms with Crippen molar-refractivity contribution in [2.75, 3.05) is 7.11 Å². The second-order valence-electron chi connectivity index (χ2n) is 3.96. The second kappa shape index (κ2) is 5.00. The molecule has 8 nitrogen and oxygen atoms in total. The van der Waals surface area contributed by atoms with Crippen molar-refractivity contribution in [2.24, 2.45) is 5.16 Å². The molecule has 0 atom stereocenters. The highest BCUT2D eigenvalue weighted by atomic mass is 16.7. The summed E-state index contributed by atoms with van der Waals surface area (Å²) in [6, 6.07) is 2.50. The number of hydrogen-bond acceptors (Lipinski definition) is 7. The van der Waals surface area contributed by atoms with Gasteiger partial charge in [-0.15, -0.1) is 0 Å². The third-order valence-corrected chi connectivity index (χ3v) is 2.68. The van der Waals surface area contributed by atoms with Crippen molar-refractivity contribution in [3.63, 3.8) is 0 Å².